The van der Waals surface area contributed by atoms with E-state index in [-0.39, 0.29) is 36.5 Å². The zero-order valence-electron chi connectivity index (χ0n) is 29.7. The minimum Gasteiger partial charge on any atom is -0.436 e. The van der Waals surface area contributed by atoms with Crippen LogP contribution < -0.4 is 21.3 Å². The molecule has 1 heterocycles. The van der Waals surface area contributed by atoms with Crippen molar-refractivity contribution < 1.29 is 23.6 Å². The van der Waals surface area contributed by atoms with Crippen molar-refractivity contribution >= 4 is 58.5 Å². The first-order valence-electron chi connectivity index (χ1n) is 17.2. The van der Waals surface area contributed by atoms with E-state index in [1.54, 1.807) is 66.1 Å². The van der Waals surface area contributed by atoms with Crippen LogP contribution in [0, 0.1) is 0 Å². The number of carbonyl (C=O) groups is 4. The van der Waals surface area contributed by atoms with E-state index >= 15 is 0 Å². The van der Waals surface area contributed by atoms with E-state index in [9.17, 15) is 19.2 Å². The van der Waals surface area contributed by atoms with Crippen LogP contribution in [0.4, 0.5) is 11.4 Å². The van der Waals surface area contributed by atoms with Gasteiger partial charge in [-0.1, -0.05) is 60.7 Å². The maximum atomic E-state index is 13.2. The first kappa shape index (κ1) is 38.9. The first-order valence-corrected chi connectivity index (χ1v) is 20.0. The highest BCUT2D eigenvalue weighted by molar-refractivity contribution is 7.98. The maximum absolute atomic E-state index is 13.2. The monoisotopic (exact) mass is 749 g/mol. The first-order chi connectivity index (χ1) is 25.8. The van der Waals surface area contributed by atoms with Crippen molar-refractivity contribution in [2.75, 3.05) is 34.7 Å². The molecule has 0 spiro atoms. The number of benzene rings is 4. The molecule has 274 valence electrons. The second kappa shape index (κ2) is 20.1. The van der Waals surface area contributed by atoms with Gasteiger partial charge in [-0.15, -0.1) is 0 Å². The summed E-state index contributed by atoms with van der Waals surface area (Å²) in [5.74, 6) is 1.43. The molecule has 0 bridgehead atoms. The second-order valence-electron chi connectivity index (χ2n) is 12.3. The highest BCUT2D eigenvalue weighted by Gasteiger charge is 2.22. The molecule has 0 fully saturated rings. The van der Waals surface area contributed by atoms with E-state index in [1.807, 2.05) is 85.3 Å². The topological polar surface area (TPSA) is 142 Å². The molecule has 0 aliphatic rings. The zero-order chi connectivity index (χ0) is 37.4. The molecule has 2 atom stereocenters. The van der Waals surface area contributed by atoms with E-state index < -0.39 is 12.1 Å². The van der Waals surface area contributed by atoms with Crippen LogP contribution in [-0.4, -0.2) is 64.7 Å². The fraction of sp³-hybridized carbons (Fsp3) is 0.244. The van der Waals surface area contributed by atoms with Gasteiger partial charge in [0, 0.05) is 22.5 Å². The molecule has 4 amide bonds. The summed E-state index contributed by atoms with van der Waals surface area (Å²) < 4.78 is 6.06. The number of rotatable bonds is 18. The second-order valence-corrected chi connectivity index (χ2v) is 14.3. The average Bonchev–Trinajstić information content (AvgIpc) is 3.67. The lowest BCUT2D eigenvalue weighted by Crippen LogP contribution is -2.44. The molecule has 5 rings (SSSR count). The third-order valence-corrected chi connectivity index (χ3v) is 9.57. The number of amides is 4. The summed E-state index contributed by atoms with van der Waals surface area (Å²) in [7, 11) is 0. The van der Waals surface area contributed by atoms with Crippen LogP contribution >= 0.6 is 23.5 Å². The standard InChI is InChI=1S/C41H43N5O5S2/c1-52-23-21-34(45-37(47)25-28-9-5-3-6-10-28)39(49)43-32-17-13-30(14-18-32)36-27-42-41(51-36)31-15-19-33(20-16-31)44-40(50)35(22-24-53-2)46-38(48)26-29-11-7-4-8-12-29/h3-20,27,34-35H,21-26H2,1-2H3,(H,43,49)(H,44,50)(H,45,47)(H,46,48). The van der Waals surface area contributed by atoms with Gasteiger partial charge in [0.15, 0.2) is 5.76 Å². The summed E-state index contributed by atoms with van der Waals surface area (Å²) in [6.45, 7) is 0. The Kier molecular flexibility index (Phi) is 14.7. The molecule has 0 saturated heterocycles. The lowest BCUT2D eigenvalue weighted by molar-refractivity contribution is -0.126. The van der Waals surface area contributed by atoms with E-state index in [0.29, 0.717) is 35.9 Å². The Labute approximate surface area is 318 Å². The van der Waals surface area contributed by atoms with Crippen molar-refractivity contribution in [2.45, 2.75) is 37.8 Å². The Hall–Kier alpha value is -5.33. The van der Waals surface area contributed by atoms with Gasteiger partial charge in [0.2, 0.25) is 29.5 Å². The van der Waals surface area contributed by atoms with Crippen LogP contribution in [0.25, 0.3) is 22.8 Å². The number of anilines is 2. The van der Waals surface area contributed by atoms with Crippen molar-refractivity contribution in [2.24, 2.45) is 0 Å². The number of nitrogens with one attached hydrogen (secondary N) is 4. The van der Waals surface area contributed by atoms with Crippen LogP contribution in [-0.2, 0) is 32.0 Å². The molecule has 4 N–H and O–H groups in total. The van der Waals surface area contributed by atoms with Crippen molar-refractivity contribution in [1.82, 2.24) is 15.6 Å². The third kappa shape index (κ3) is 12.1. The normalized spacial score (nSPS) is 12.0. The van der Waals surface area contributed by atoms with Gasteiger partial charge in [0.05, 0.1) is 19.0 Å². The number of carbonyl (C=O) groups excluding carboxylic acids is 4. The van der Waals surface area contributed by atoms with Crippen molar-refractivity contribution in [1.29, 1.82) is 0 Å². The van der Waals surface area contributed by atoms with Crippen molar-refractivity contribution in [3.63, 3.8) is 0 Å². The lowest BCUT2D eigenvalue weighted by atomic mass is 10.1. The van der Waals surface area contributed by atoms with Gasteiger partial charge >= 0.3 is 0 Å². The summed E-state index contributed by atoms with van der Waals surface area (Å²) in [4.78, 5) is 56.2. The number of aromatic nitrogens is 1. The number of oxazole rings is 1. The smallest absolute Gasteiger partial charge is 0.246 e. The molecular weight excluding hydrogens is 707 g/mol. The van der Waals surface area contributed by atoms with E-state index in [2.05, 4.69) is 26.3 Å². The van der Waals surface area contributed by atoms with Crippen LogP contribution in [0.5, 0.6) is 0 Å². The number of nitrogens with zero attached hydrogens (tertiary/aromatic N) is 1. The van der Waals surface area contributed by atoms with Crippen molar-refractivity contribution in [3.8, 4) is 22.8 Å². The Morgan fingerprint density at radius 2 is 1.04 bits per heavy atom. The predicted octanol–water partition coefficient (Wildman–Crippen LogP) is 6.85. The highest BCUT2D eigenvalue weighted by atomic mass is 32.2. The Morgan fingerprint density at radius 3 is 1.47 bits per heavy atom. The molecule has 2 unspecified atom stereocenters. The van der Waals surface area contributed by atoms with Gasteiger partial charge in [-0.05, 0) is 96.5 Å². The maximum Gasteiger partial charge on any atom is 0.246 e. The Morgan fingerprint density at radius 1 is 0.604 bits per heavy atom. The number of thioether (sulfide) groups is 2. The molecule has 53 heavy (non-hydrogen) atoms. The quantitative estimate of drug-likeness (QED) is 0.0763. The molecule has 10 nitrogen and oxygen atoms in total. The van der Waals surface area contributed by atoms with Crippen LogP contribution in [0.3, 0.4) is 0 Å². The third-order valence-electron chi connectivity index (χ3n) is 8.28. The minimum absolute atomic E-state index is 0.202. The highest BCUT2D eigenvalue weighted by Crippen LogP contribution is 2.28. The summed E-state index contributed by atoms with van der Waals surface area (Å²) in [5.41, 5.74) is 4.43. The van der Waals surface area contributed by atoms with Crippen LogP contribution in [0.1, 0.15) is 24.0 Å². The van der Waals surface area contributed by atoms with Gasteiger partial charge in [0.1, 0.15) is 12.1 Å². The van der Waals surface area contributed by atoms with Crippen LogP contribution in [0.15, 0.2) is 120 Å². The molecule has 4 aromatic carbocycles. The van der Waals surface area contributed by atoms with Gasteiger partial charge in [-0.25, -0.2) is 4.98 Å². The fourth-order valence-corrected chi connectivity index (χ4v) is 6.42. The average molecular weight is 750 g/mol. The molecule has 0 aliphatic carbocycles. The zero-order valence-corrected chi connectivity index (χ0v) is 31.3. The molecule has 0 saturated carbocycles. The molecule has 0 aliphatic heterocycles. The predicted molar refractivity (Wildman–Crippen MR) is 215 cm³/mol. The molecule has 12 heteroatoms. The minimum atomic E-state index is -0.667. The van der Waals surface area contributed by atoms with Crippen LogP contribution in [0.2, 0.25) is 0 Å². The Balaban J connectivity index is 1.16. The Bertz CT molecular complexity index is 1800. The molecule has 5 aromatic rings. The largest absolute Gasteiger partial charge is 0.436 e. The van der Waals surface area contributed by atoms with E-state index in [4.69, 9.17) is 4.42 Å². The molecular formula is C41H43N5O5S2. The van der Waals surface area contributed by atoms with E-state index in [1.165, 1.54) is 0 Å². The summed E-state index contributed by atoms with van der Waals surface area (Å²) in [6, 6.07) is 31.9. The summed E-state index contributed by atoms with van der Waals surface area (Å²) in [6.07, 6.45) is 6.97. The van der Waals surface area contributed by atoms with Gasteiger partial charge in [0.25, 0.3) is 0 Å². The summed E-state index contributed by atoms with van der Waals surface area (Å²) >= 11 is 3.23. The lowest BCUT2D eigenvalue weighted by Gasteiger charge is -2.18. The number of hydrogen-bond donors (Lipinski definition) is 4. The SMILES string of the molecule is CSCCC(NC(=O)Cc1ccccc1)C(=O)Nc1ccc(-c2cnc(-c3ccc(NC(=O)C(CCSC)NC(=O)Cc4ccccc4)cc3)o2)cc1. The number of hydrogen-bond acceptors (Lipinski definition) is 8. The molecule has 1 aromatic heterocycles. The fourth-order valence-electron chi connectivity index (χ4n) is 5.48. The van der Waals surface area contributed by atoms with Gasteiger partial charge in [-0.2, -0.15) is 23.5 Å². The van der Waals surface area contributed by atoms with Crippen molar-refractivity contribution in [3.05, 3.63) is 127 Å². The molecule has 0 radical (unpaired) electrons. The van der Waals surface area contributed by atoms with Gasteiger partial charge in [-0.3, -0.25) is 19.2 Å². The van der Waals surface area contributed by atoms with Gasteiger partial charge < -0.3 is 25.7 Å². The summed E-state index contributed by atoms with van der Waals surface area (Å²) in [5, 5.41) is 11.6. The van der Waals surface area contributed by atoms with E-state index in [0.717, 1.165) is 33.8 Å².